The quantitative estimate of drug-likeness (QED) is 0.418. The number of benzene rings is 1. The van der Waals surface area contributed by atoms with Gasteiger partial charge in [-0.3, -0.25) is 9.97 Å². The summed E-state index contributed by atoms with van der Waals surface area (Å²) < 4.78 is 20.8. The molecule has 2 N–H and O–H groups in total. The van der Waals surface area contributed by atoms with E-state index >= 15 is 0 Å². The molecule has 0 bridgehead atoms. The molecule has 4 rings (SSSR count). The van der Waals surface area contributed by atoms with Crippen LogP contribution in [0.3, 0.4) is 0 Å². The van der Waals surface area contributed by atoms with Gasteiger partial charge in [0.2, 0.25) is 0 Å². The number of ether oxygens (including phenoxy) is 1. The Hall–Kier alpha value is -2.99. The number of nitrogen functional groups attached to an aromatic ring is 1. The lowest BCUT2D eigenvalue weighted by atomic mass is 10.0. The summed E-state index contributed by atoms with van der Waals surface area (Å²) in [5.74, 6) is 0.785. The first-order chi connectivity index (χ1) is 13.5. The van der Waals surface area contributed by atoms with Crippen LogP contribution >= 0.6 is 11.3 Å². The Morgan fingerprint density at radius 2 is 1.93 bits per heavy atom. The molecular weight excluding hydrogens is 373 g/mol. The molecule has 4 nitrogen and oxygen atoms in total. The number of hydrogen-bond acceptors (Lipinski definition) is 5. The van der Waals surface area contributed by atoms with Gasteiger partial charge in [-0.25, -0.2) is 4.39 Å². The average Bonchev–Trinajstić information content (AvgIpc) is 3.09. The Kier molecular flexibility index (Phi) is 4.96. The summed E-state index contributed by atoms with van der Waals surface area (Å²) in [6, 6.07) is 12.2. The molecule has 0 aliphatic heterocycles. The number of aromatic nitrogens is 2. The largest absolute Gasteiger partial charge is 0.453 e. The molecule has 142 valence electrons. The van der Waals surface area contributed by atoms with E-state index < -0.39 is 5.82 Å². The van der Waals surface area contributed by atoms with E-state index in [2.05, 4.69) is 29.9 Å². The molecule has 0 fully saturated rings. The van der Waals surface area contributed by atoms with Gasteiger partial charge in [0.25, 0.3) is 0 Å². The van der Waals surface area contributed by atoms with Crippen molar-refractivity contribution in [3.63, 3.8) is 0 Å². The standard InChI is InChI=1S/C22H20FN3OS/c1-13(2)9-14-3-5-17(26-12-14)21-11-18-22(28-21)20(7-8-25-18)27-19-6-4-15(24)10-16(19)23/h3-8,10-13H,9,24H2,1-2H3. The van der Waals surface area contributed by atoms with Crippen molar-refractivity contribution in [3.05, 3.63) is 66.2 Å². The fraction of sp³-hybridized carbons (Fsp3) is 0.182. The first-order valence-electron chi connectivity index (χ1n) is 9.06. The lowest BCUT2D eigenvalue weighted by molar-refractivity contribution is 0.447. The normalized spacial score (nSPS) is 11.3. The Morgan fingerprint density at radius 1 is 1.07 bits per heavy atom. The molecule has 28 heavy (non-hydrogen) atoms. The first kappa shape index (κ1) is 18.4. The van der Waals surface area contributed by atoms with Crippen LogP contribution in [-0.2, 0) is 6.42 Å². The van der Waals surface area contributed by atoms with Crippen molar-refractivity contribution >= 4 is 27.2 Å². The maximum Gasteiger partial charge on any atom is 0.167 e. The Balaban J connectivity index is 1.67. The third kappa shape index (κ3) is 3.82. The SMILES string of the molecule is CC(C)Cc1ccc(-c2cc3nccc(Oc4ccc(N)cc4F)c3s2)nc1. The van der Waals surface area contributed by atoms with Gasteiger partial charge in [-0.2, -0.15) is 0 Å². The molecule has 6 heteroatoms. The second-order valence-corrected chi connectivity index (χ2v) is 8.13. The van der Waals surface area contributed by atoms with Crippen LogP contribution in [-0.4, -0.2) is 9.97 Å². The summed E-state index contributed by atoms with van der Waals surface area (Å²) in [5, 5.41) is 0. The zero-order valence-electron chi connectivity index (χ0n) is 15.6. The van der Waals surface area contributed by atoms with Crippen LogP contribution in [0, 0.1) is 11.7 Å². The summed E-state index contributed by atoms with van der Waals surface area (Å²) in [6.45, 7) is 4.38. The molecule has 0 atom stereocenters. The monoisotopic (exact) mass is 393 g/mol. The van der Waals surface area contributed by atoms with Gasteiger partial charge in [-0.1, -0.05) is 19.9 Å². The number of nitrogens with zero attached hydrogens (tertiary/aromatic N) is 2. The molecule has 0 aliphatic rings. The number of fused-ring (bicyclic) bond motifs is 1. The van der Waals surface area contributed by atoms with Crippen LogP contribution in [0.4, 0.5) is 10.1 Å². The number of thiophene rings is 1. The molecule has 0 aliphatic carbocycles. The Labute approximate surface area is 166 Å². The molecule has 0 radical (unpaired) electrons. The predicted molar refractivity (Wildman–Crippen MR) is 112 cm³/mol. The number of hydrogen-bond donors (Lipinski definition) is 1. The van der Waals surface area contributed by atoms with Gasteiger partial charge in [0.1, 0.15) is 5.75 Å². The van der Waals surface area contributed by atoms with E-state index in [9.17, 15) is 4.39 Å². The first-order valence-corrected chi connectivity index (χ1v) is 9.88. The van der Waals surface area contributed by atoms with Crippen LogP contribution in [0.2, 0.25) is 0 Å². The molecule has 3 heterocycles. The van der Waals surface area contributed by atoms with E-state index in [-0.39, 0.29) is 5.75 Å². The number of anilines is 1. The van der Waals surface area contributed by atoms with Crippen molar-refractivity contribution in [1.82, 2.24) is 9.97 Å². The van der Waals surface area contributed by atoms with E-state index in [1.165, 1.54) is 29.0 Å². The smallest absolute Gasteiger partial charge is 0.167 e. The van der Waals surface area contributed by atoms with Crippen molar-refractivity contribution in [2.75, 3.05) is 5.73 Å². The van der Waals surface area contributed by atoms with Gasteiger partial charge < -0.3 is 10.5 Å². The molecular formula is C22H20FN3OS. The van der Waals surface area contributed by atoms with Crippen molar-refractivity contribution in [2.24, 2.45) is 5.92 Å². The van der Waals surface area contributed by atoms with Crippen LogP contribution in [0.15, 0.2) is 54.9 Å². The lowest BCUT2D eigenvalue weighted by Crippen LogP contribution is -1.94. The van der Waals surface area contributed by atoms with Gasteiger partial charge in [0.05, 0.1) is 20.8 Å². The highest BCUT2D eigenvalue weighted by Crippen LogP contribution is 2.39. The van der Waals surface area contributed by atoms with Crippen LogP contribution in [0.1, 0.15) is 19.4 Å². The highest BCUT2D eigenvalue weighted by Gasteiger charge is 2.13. The molecule has 0 saturated heterocycles. The molecule has 0 spiro atoms. The van der Waals surface area contributed by atoms with E-state index in [1.54, 1.807) is 18.3 Å². The summed E-state index contributed by atoms with van der Waals surface area (Å²) in [6.07, 6.45) is 4.59. The minimum atomic E-state index is -0.496. The summed E-state index contributed by atoms with van der Waals surface area (Å²) >= 11 is 1.53. The molecule has 3 aromatic heterocycles. The summed E-state index contributed by atoms with van der Waals surface area (Å²) in [4.78, 5) is 10.0. The summed E-state index contributed by atoms with van der Waals surface area (Å²) in [7, 11) is 0. The molecule has 0 unspecified atom stereocenters. The van der Waals surface area contributed by atoms with Crippen LogP contribution < -0.4 is 10.5 Å². The molecule has 1 aromatic carbocycles. The van der Waals surface area contributed by atoms with Gasteiger partial charge in [-0.15, -0.1) is 11.3 Å². The van der Waals surface area contributed by atoms with Gasteiger partial charge >= 0.3 is 0 Å². The molecule has 0 amide bonds. The second kappa shape index (κ2) is 7.56. The second-order valence-electron chi connectivity index (χ2n) is 7.08. The number of pyridine rings is 2. The third-order valence-electron chi connectivity index (χ3n) is 4.27. The van der Waals surface area contributed by atoms with Crippen LogP contribution in [0.5, 0.6) is 11.5 Å². The minimum Gasteiger partial charge on any atom is -0.453 e. The van der Waals surface area contributed by atoms with Gasteiger partial charge in [0.15, 0.2) is 11.6 Å². The highest BCUT2D eigenvalue weighted by atomic mass is 32.1. The van der Waals surface area contributed by atoms with E-state index in [1.807, 2.05) is 18.3 Å². The molecule has 0 saturated carbocycles. The van der Waals surface area contributed by atoms with Crippen molar-refractivity contribution in [1.29, 1.82) is 0 Å². The zero-order valence-corrected chi connectivity index (χ0v) is 16.5. The zero-order chi connectivity index (χ0) is 19.7. The highest BCUT2D eigenvalue weighted by molar-refractivity contribution is 7.22. The van der Waals surface area contributed by atoms with E-state index in [0.717, 1.165) is 27.2 Å². The number of rotatable bonds is 5. The average molecular weight is 393 g/mol. The van der Waals surface area contributed by atoms with Gasteiger partial charge in [0, 0.05) is 30.2 Å². The summed E-state index contributed by atoms with van der Waals surface area (Å²) in [5.41, 5.74) is 8.87. The molecule has 4 aromatic rings. The number of halogens is 1. The lowest BCUT2D eigenvalue weighted by Gasteiger charge is -2.07. The van der Waals surface area contributed by atoms with E-state index in [0.29, 0.717) is 17.4 Å². The van der Waals surface area contributed by atoms with Crippen molar-refractivity contribution in [2.45, 2.75) is 20.3 Å². The fourth-order valence-corrected chi connectivity index (χ4v) is 4.04. The maximum atomic E-state index is 14.1. The third-order valence-corrected chi connectivity index (χ3v) is 5.43. The maximum absolute atomic E-state index is 14.1. The number of nitrogens with two attached hydrogens (primary N) is 1. The van der Waals surface area contributed by atoms with Crippen molar-refractivity contribution in [3.8, 4) is 22.1 Å². The minimum absolute atomic E-state index is 0.132. The van der Waals surface area contributed by atoms with E-state index in [4.69, 9.17) is 10.5 Å². The predicted octanol–water partition coefficient (Wildman–Crippen LogP) is 6.07. The van der Waals surface area contributed by atoms with Gasteiger partial charge in [-0.05, 0) is 42.2 Å². The Bertz CT molecular complexity index is 1120. The fourth-order valence-electron chi connectivity index (χ4n) is 3.00. The van der Waals surface area contributed by atoms with Crippen molar-refractivity contribution < 1.29 is 9.13 Å². The topological polar surface area (TPSA) is 61.0 Å². The Morgan fingerprint density at radius 3 is 2.64 bits per heavy atom. The van der Waals surface area contributed by atoms with Crippen LogP contribution in [0.25, 0.3) is 20.8 Å².